The van der Waals surface area contributed by atoms with E-state index in [0.717, 1.165) is 11.1 Å². The molecule has 1 aromatic carbocycles. The average molecular weight is 290 g/mol. The van der Waals surface area contributed by atoms with Gasteiger partial charge in [-0.05, 0) is 18.1 Å². The quantitative estimate of drug-likeness (QED) is 0.511. The Morgan fingerprint density at radius 3 is 2.38 bits per heavy atom. The molecule has 0 heterocycles. The van der Waals surface area contributed by atoms with Gasteiger partial charge in [-0.2, -0.15) is 0 Å². The number of benzene rings is 1. The number of hydrogen-bond donors (Lipinski definition) is 1. The van der Waals surface area contributed by atoms with Gasteiger partial charge in [0.25, 0.3) is 0 Å². The van der Waals surface area contributed by atoms with E-state index in [2.05, 4.69) is 11.3 Å². The molecule has 0 aliphatic heterocycles. The van der Waals surface area contributed by atoms with Crippen LogP contribution in [-0.4, -0.2) is 24.2 Å². The molecule has 0 amide bonds. The van der Waals surface area contributed by atoms with Crippen molar-refractivity contribution in [1.82, 2.24) is 0 Å². The molecule has 0 radical (unpaired) electrons. The highest BCUT2D eigenvalue weighted by Gasteiger charge is 2.18. The number of esters is 1. The monoisotopic (exact) mass is 290 g/mol. The molecule has 0 fully saturated rings. The van der Waals surface area contributed by atoms with E-state index in [4.69, 9.17) is 5.11 Å². The highest BCUT2D eigenvalue weighted by Crippen LogP contribution is 2.24. The minimum absolute atomic E-state index is 0.0931. The fourth-order valence-electron chi connectivity index (χ4n) is 1.78. The Morgan fingerprint density at radius 2 is 1.95 bits per heavy atom. The van der Waals surface area contributed by atoms with Crippen LogP contribution in [0.1, 0.15) is 31.4 Å². The number of carbonyl (C=O) groups excluding carboxylic acids is 1. The third-order valence-corrected chi connectivity index (χ3v) is 2.62. The highest BCUT2D eigenvalue weighted by atomic mass is 16.5. The second kappa shape index (κ2) is 9.53. The van der Waals surface area contributed by atoms with Crippen LogP contribution in [0.3, 0.4) is 0 Å². The van der Waals surface area contributed by atoms with E-state index in [1.165, 1.54) is 13.2 Å². The molecule has 0 aromatic heterocycles. The minimum atomic E-state index is -1.09. The summed E-state index contributed by atoms with van der Waals surface area (Å²) in [7, 11) is 1.22. The minimum Gasteiger partial charge on any atom is -0.481 e. The van der Waals surface area contributed by atoms with E-state index in [0.29, 0.717) is 5.57 Å². The van der Waals surface area contributed by atoms with E-state index in [9.17, 15) is 9.59 Å². The molecule has 1 N–H and O–H groups in total. The Morgan fingerprint density at radius 1 is 1.33 bits per heavy atom. The predicted molar refractivity (Wildman–Crippen MR) is 83.9 cm³/mol. The van der Waals surface area contributed by atoms with Gasteiger partial charge in [0.15, 0.2) is 0 Å². The zero-order chi connectivity index (χ0) is 16.4. The Labute approximate surface area is 125 Å². The fraction of sp³-hybridized carbons (Fsp3) is 0.294. The third kappa shape index (κ3) is 5.65. The van der Waals surface area contributed by atoms with Gasteiger partial charge in [-0.3, -0.25) is 4.79 Å². The molecular formula is C17H22O4. The van der Waals surface area contributed by atoms with Crippen LogP contribution in [0, 0.1) is 6.92 Å². The van der Waals surface area contributed by atoms with Gasteiger partial charge in [0.1, 0.15) is 0 Å². The second-order valence-electron chi connectivity index (χ2n) is 4.03. The topological polar surface area (TPSA) is 63.6 Å². The molecule has 114 valence electrons. The maximum Gasteiger partial charge on any atom is 0.334 e. The number of carboxylic acids is 1. The number of carboxylic acid groups (broad SMARTS) is 1. The van der Waals surface area contributed by atoms with Crippen LogP contribution in [0.25, 0.3) is 5.57 Å². The van der Waals surface area contributed by atoms with Crippen molar-refractivity contribution >= 4 is 17.5 Å². The van der Waals surface area contributed by atoms with Crippen molar-refractivity contribution in [2.24, 2.45) is 0 Å². The van der Waals surface area contributed by atoms with Crippen molar-refractivity contribution in [3.05, 3.63) is 53.6 Å². The molecule has 21 heavy (non-hydrogen) atoms. The molecular weight excluding hydrogens is 268 g/mol. The summed E-state index contributed by atoms with van der Waals surface area (Å²) in [5, 5.41) is 8.90. The number of hydrogen-bond acceptors (Lipinski definition) is 3. The van der Waals surface area contributed by atoms with Crippen molar-refractivity contribution in [2.75, 3.05) is 7.11 Å². The van der Waals surface area contributed by atoms with Crippen molar-refractivity contribution in [3.63, 3.8) is 0 Å². The number of rotatable bonds is 5. The lowest BCUT2D eigenvalue weighted by atomic mass is 9.96. The summed E-state index contributed by atoms with van der Waals surface area (Å²) in [5.74, 6) is -1.74. The molecule has 0 saturated carbocycles. The summed E-state index contributed by atoms with van der Waals surface area (Å²) in [6, 6.07) is 7.42. The van der Waals surface area contributed by atoms with Gasteiger partial charge in [-0.15, -0.1) is 0 Å². The highest BCUT2D eigenvalue weighted by molar-refractivity contribution is 6.03. The third-order valence-electron chi connectivity index (χ3n) is 2.62. The lowest BCUT2D eigenvalue weighted by molar-refractivity contribution is -0.141. The van der Waals surface area contributed by atoms with Gasteiger partial charge in [-0.25, -0.2) is 4.79 Å². The van der Waals surface area contributed by atoms with Gasteiger partial charge < -0.3 is 9.84 Å². The lowest BCUT2D eigenvalue weighted by Crippen LogP contribution is -2.11. The molecule has 0 unspecified atom stereocenters. The van der Waals surface area contributed by atoms with Crippen LogP contribution in [0.4, 0.5) is 0 Å². The first-order chi connectivity index (χ1) is 9.99. The molecule has 0 spiro atoms. The van der Waals surface area contributed by atoms with Gasteiger partial charge >= 0.3 is 11.9 Å². The Bertz CT molecular complexity index is 541. The lowest BCUT2D eigenvalue weighted by Gasteiger charge is -2.10. The average Bonchev–Trinajstić information content (AvgIpc) is 2.48. The maximum absolute atomic E-state index is 11.7. The molecule has 0 aliphatic carbocycles. The van der Waals surface area contributed by atoms with Gasteiger partial charge in [-0.1, -0.05) is 56.3 Å². The van der Waals surface area contributed by atoms with Crippen LogP contribution in [0.15, 0.2) is 42.5 Å². The van der Waals surface area contributed by atoms with E-state index < -0.39 is 18.4 Å². The molecule has 0 saturated heterocycles. The van der Waals surface area contributed by atoms with Gasteiger partial charge in [0.05, 0.1) is 19.1 Å². The molecule has 0 aliphatic rings. The van der Waals surface area contributed by atoms with E-state index >= 15 is 0 Å². The van der Waals surface area contributed by atoms with Crippen molar-refractivity contribution in [1.29, 1.82) is 0 Å². The standard InChI is InChI=1S/C15H16O4.C2H6/c1-4-12(11-7-5-6-10(2)8-11)13(9-14(16)17)15(18)19-3;1-2/h4-8H,1,9H2,2-3H3,(H,16,17);1-2H3/b13-12-;. The smallest absolute Gasteiger partial charge is 0.334 e. The molecule has 0 bridgehead atoms. The SMILES string of the molecule is C=C/C(=C(\CC(=O)O)C(=O)OC)c1cccc(C)c1.CC. The van der Waals surface area contributed by atoms with E-state index in [-0.39, 0.29) is 5.57 Å². The van der Waals surface area contributed by atoms with Crippen LogP contribution in [-0.2, 0) is 14.3 Å². The first-order valence-electron chi connectivity index (χ1n) is 6.72. The van der Waals surface area contributed by atoms with Crippen molar-refractivity contribution in [3.8, 4) is 0 Å². The number of aryl methyl sites for hydroxylation is 1. The molecule has 0 atom stereocenters. The molecule has 4 heteroatoms. The summed E-state index contributed by atoms with van der Waals surface area (Å²) < 4.78 is 4.64. The summed E-state index contributed by atoms with van der Waals surface area (Å²) in [5.41, 5.74) is 2.33. The first kappa shape index (κ1) is 18.6. The van der Waals surface area contributed by atoms with Gasteiger partial charge in [0, 0.05) is 0 Å². The number of ether oxygens (including phenoxy) is 1. The van der Waals surface area contributed by atoms with Crippen molar-refractivity contribution in [2.45, 2.75) is 27.2 Å². The van der Waals surface area contributed by atoms with Crippen LogP contribution in [0.2, 0.25) is 0 Å². The molecule has 1 rings (SSSR count). The van der Waals surface area contributed by atoms with Crippen LogP contribution < -0.4 is 0 Å². The van der Waals surface area contributed by atoms with E-state index in [1.807, 2.05) is 39.0 Å². The number of methoxy groups -OCH3 is 1. The number of carbonyl (C=O) groups is 2. The zero-order valence-corrected chi connectivity index (χ0v) is 13.0. The van der Waals surface area contributed by atoms with E-state index in [1.54, 1.807) is 6.07 Å². The predicted octanol–water partition coefficient (Wildman–Crippen LogP) is 3.61. The normalized spacial score (nSPS) is 10.7. The Balaban J connectivity index is 0.00000191. The summed E-state index contributed by atoms with van der Waals surface area (Å²) in [4.78, 5) is 22.6. The Kier molecular flexibility index (Phi) is 8.46. The fourth-order valence-corrected chi connectivity index (χ4v) is 1.78. The summed E-state index contributed by atoms with van der Waals surface area (Å²) >= 11 is 0. The van der Waals surface area contributed by atoms with Gasteiger partial charge in [0.2, 0.25) is 0 Å². The first-order valence-corrected chi connectivity index (χ1v) is 6.72. The molecule has 1 aromatic rings. The van der Waals surface area contributed by atoms with Crippen LogP contribution >= 0.6 is 0 Å². The summed E-state index contributed by atoms with van der Waals surface area (Å²) in [6.45, 7) is 9.57. The number of aliphatic carboxylic acids is 1. The summed E-state index contributed by atoms with van der Waals surface area (Å²) in [6.07, 6.45) is 1.08. The Hall–Kier alpha value is -2.36. The van der Waals surface area contributed by atoms with Crippen molar-refractivity contribution < 1.29 is 19.4 Å². The second-order valence-corrected chi connectivity index (χ2v) is 4.03. The maximum atomic E-state index is 11.7. The number of allylic oxidation sites excluding steroid dienone is 2. The van der Waals surface area contributed by atoms with Crippen LogP contribution in [0.5, 0.6) is 0 Å². The largest absolute Gasteiger partial charge is 0.481 e. The molecule has 4 nitrogen and oxygen atoms in total. The zero-order valence-electron chi connectivity index (χ0n) is 13.0.